The molecule has 0 saturated heterocycles. The Morgan fingerprint density at radius 3 is 1.50 bits per heavy atom. The zero-order valence-corrected chi connectivity index (χ0v) is 7.48. The molecule has 0 atom stereocenters. The first kappa shape index (κ1) is 12.8. The van der Waals surface area contributed by atoms with E-state index in [4.69, 9.17) is 10.2 Å². The highest BCUT2D eigenvalue weighted by molar-refractivity contribution is 5.85. The molecule has 64 valence electrons. The summed E-state index contributed by atoms with van der Waals surface area (Å²) in [6, 6.07) is 0. The monoisotopic (exact) mass is 169 g/mol. The van der Waals surface area contributed by atoms with Crippen LogP contribution < -0.4 is 0 Å². The molecule has 0 saturated carbocycles. The Hall–Kier alpha value is 0.170. The molecule has 10 heavy (non-hydrogen) atoms. The van der Waals surface area contributed by atoms with Crippen LogP contribution in [0.3, 0.4) is 0 Å². The molecule has 2 N–H and O–H groups in total. The van der Waals surface area contributed by atoms with Crippen molar-refractivity contribution >= 4 is 12.4 Å². The number of hydrogen-bond donors (Lipinski definition) is 2. The van der Waals surface area contributed by atoms with Crippen molar-refractivity contribution in [1.82, 2.24) is 4.90 Å². The maximum absolute atomic E-state index is 8.96. The summed E-state index contributed by atoms with van der Waals surface area (Å²) in [6.45, 7) is 6.43. The van der Waals surface area contributed by atoms with Gasteiger partial charge in [0, 0.05) is 20.0 Å². The van der Waals surface area contributed by atoms with Crippen LogP contribution in [0.4, 0.5) is 0 Å². The molecule has 0 rings (SSSR count). The maximum atomic E-state index is 8.96. The van der Waals surface area contributed by atoms with Crippen LogP contribution >= 0.6 is 12.4 Å². The minimum absolute atomic E-state index is 0. The molecule has 0 heterocycles. The van der Waals surface area contributed by atoms with Crippen molar-refractivity contribution in [3.8, 4) is 0 Å². The highest BCUT2D eigenvalue weighted by Gasteiger charge is 2.21. The summed E-state index contributed by atoms with van der Waals surface area (Å²) in [5, 5.41) is 17.9. The van der Waals surface area contributed by atoms with E-state index < -0.39 is 5.91 Å². The zero-order valence-electron chi connectivity index (χ0n) is 6.66. The molecule has 0 aliphatic carbocycles. The summed E-state index contributed by atoms with van der Waals surface area (Å²) >= 11 is 0. The normalized spacial score (nSPS) is 11.4. The summed E-state index contributed by atoms with van der Waals surface area (Å²) in [4.78, 5) is 1.55. The predicted octanol–water partition coefficient (Wildman–Crippen LogP) is 0.408. The standard InChI is InChI=1S/C6H15NO2.ClH/c1-4-7(5-2)6(3,8)9;/h8-9H,4-5H2,1-3H3;1H. The Kier molecular flexibility index (Phi) is 6.29. The number of halogens is 1. The van der Waals surface area contributed by atoms with E-state index in [1.807, 2.05) is 13.8 Å². The first-order valence-corrected chi connectivity index (χ1v) is 3.22. The molecule has 0 radical (unpaired) electrons. The van der Waals surface area contributed by atoms with E-state index in [9.17, 15) is 0 Å². The van der Waals surface area contributed by atoms with E-state index >= 15 is 0 Å². The SMILES string of the molecule is CCN(CC)C(C)(O)O.Cl. The number of rotatable bonds is 3. The van der Waals surface area contributed by atoms with Gasteiger partial charge in [-0.1, -0.05) is 13.8 Å². The smallest absolute Gasteiger partial charge is 0.221 e. The predicted molar refractivity (Wildman–Crippen MR) is 43.0 cm³/mol. The van der Waals surface area contributed by atoms with Crippen molar-refractivity contribution in [2.45, 2.75) is 26.7 Å². The van der Waals surface area contributed by atoms with Crippen LogP contribution in [0, 0.1) is 0 Å². The molecule has 0 aromatic rings. The van der Waals surface area contributed by atoms with Crippen molar-refractivity contribution in [1.29, 1.82) is 0 Å². The van der Waals surface area contributed by atoms with Crippen LogP contribution in [-0.2, 0) is 0 Å². The van der Waals surface area contributed by atoms with Gasteiger partial charge in [-0.3, -0.25) is 4.90 Å². The lowest BCUT2D eigenvalue weighted by molar-refractivity contribution is -0.247. The third-order valence-electron chi connectivity index (χ3n) is 1.36. The highest BCUT2D eigenvalue weighted by atomic mass is 35.5. The molecule has 0 aromatic heterocycles. The van der Waals surface area contributed by atoms with Crippen LogP contribution in [0.1, 0.15) is 20.8 Å². The lowest BCUT2D eigenvalue weighted by atomic mass is 10.4. The third kappa shape index (κ3) is 4.06. The fourth-order valence-electron chi connectivity index (χ4n) is 0.823. The summed E-state index contributed by atoms with van der Waals surface area (Å²) in [5.74, 6) is -1.65. The molecule has 0 aliphatic rings. The number of nitrogens with zero attached hydrogens (tertiary/aromatic N) is 1. The molecule has 0 fully saturated rings. The molecule has 0 amide bonds. The summed E-state index contributed by atoms with van der Waals surface area (Å²) in [6.07, 6.45) is 0. The molecule has 0 aliphatic heterocycles. The fourth-order valence-corrected chi connectivity index (χ4v) is 0.823. The first-order chi connectivity index (χ1) is 4.02. The van der Waals surface area contributed by atoms with Gasteiger partial charge in [0.25, 0.3) is 0 Å². The van der Waals surface area contributed by atoms with Gasteiger partial charge in [0.15, 0.2) is 0 Å². The third-order valence-corrected chi connectivity index (χ3v) is 1.36. The maximum Gasteiger partial charge on any atom is 0.221 e. The van der Waals surface area contributed by atoms with Gasteiger partial charge >= 0.3 is 0 Å². The van der Waals surface area contributed by atoms with Gasteiger partial charge in [-0.05, 0) is 0 Å². The lowest BCUT2D eigenvalue weighted by Gasteiger charge is -2.29. The molecule has 4 heteroatoms. The van der Waals surface area contributed by atoms with Crippen molar-refractivity contribution in [2.75, 3.05) is 13.1 Å². The molecule has 0 spiro atoms. The van der Waals surface area contributed by atoms with Crippen LogP contribution in [0.25, 0.3) is 0 Å². The topological polar surface area (TPSA) is 43.7 Å². The Morgan fingerprint density at radius 1 is 1.20 bits per heavy atom. The van der Waals surface area contributed by atoms with Gasteiger partial charge in [0.2, 0.25) is 5.91 Å². The first-order valence-electron chi connectivity index (χ1n) is 3.22. The van der Waals surface area contributed by atoms with Crippen LogP contribution in [-0.4, -0.2) is 34.1 Å². The van der Waals surface area contributed by atoms with Crippen molar-refractivity contribution in [2.24, 2.45) is 0 Å². The molecule has 0 bridgehead atoms. The van der Waals surface area contributed by atoms with E-state index in [0.29, 0.717) is 13.1 Å². The van der Waals surface area contributed by atoms with E-state index in [-0.39, 0.29) is 12.4 Å². The van der Waals surface area contributed by atoms with Gasteiger partial charge in [-0.2, -0.15) is 0 Å². The van der Waals surface area contributed by atoms with Gasteiger partial charge in [-0.15, -0.1) is 12.4 Å². The Bertz CT molecular complexity index is 78.3. The van der Waals surface area contributed by atoms with Crippen LogP contribution in [0.5, 0.6) is 0 Å². The Morgan fingerprint density at radius 2 is 1.50 bits per heavy atom. The van der Waals surface area contributed by atoms with E-state index in [1.54, 1.807) is 4.90 Å². The Balaban J connectivity index is 0. The summed E-state index contributed by atoms with van der Waals surface area (Å²) in [5.41, 5.74) is 0. The fraction of sp³-hybridized carbons (Fsp3) is 1.00. The zero-order chi connectivity index (χ0) is 7.49. The van der Waals surface area contributed by atoms with E-state index in [0.717, 1.165) is 0 Å². The van der Waals surface area contributed by atoms with Gasteiger partial charge in [0.1, 0.15) is 0 Å². The van der Waals surface area contributed by atoms with Gasteiger partial charge < -0.3 is 10.2 Å². The summed E-state index contributed by atoms with van der Waals surface area (Å²) < 4.78 is 0. The molecule has 0 aromatic carbocycles. The van der Waals surface area contributed by atoms with E-state index in [2.05, 4.69) is 0 Å². The van der Waals surface area contributed by atoms with Crippen molar-refractivity contribution < 1.29 is 10.2 Å². The molecule has 0 unspecified atom stereocenters. The largest absolute Gasteiger partial charge is 0.353 e. The molecular weight excluding hydrogens is 154 g/mol. The number of hydrogen-bond acceptors (Lipinski definition) is 3. The van der Waals surface area contributed by atoms with Crippen LogP contribution in [0.15, 0.2) is 0 Å². The minimum atomic E-state index is -1.65. The quantitative estimate of drug-likeness (QED) is 0.602. The highest BCUT2D eigenvalue weighted by Crippen LogP contribution is 2.04. The second kappa shape index (κ2) is 4.91. The summed E-state index contributed by atoms with van der Waals surface area (Å²) in [7, 11) is 0. The van der Waals surface area contributed by atoms with Crippen LogP contribution in [0.2, 0.25) is 0 Å². The second-order valence-electron chi connectivity index (χ2n) is 2.14. The van der Waals surface area contributed by atoms with Gasteiger partial charge in [-0.25, -0.2) is 0 Å². The molecule has 3 nitrogen and oxygen atoms in total. The van der Waals surface area contributed by atoms with Gasteiger partial charge in [0.05, 0.1) is 0 Å². The average Bonchev–Trinajstić information content (AvgIpc) is 1.65. The minimum Gasteiger partial charge on any atom is -0.353 e. The van der Waals surface area contributed by atoms with E-state index in [1.165, 1.54) is 6.92 Å². The average molecular weight is 170 g/mol. The second-order valence-corrected chi connectivity index (χ2v) is 2.14. The lowest BCUT2D eigenvalue weighted by Crippen LogP contribution is -2.45. The van der Waals surface area contributed by atoms with Crippen molar-refractivity contribution in [3.63, 3.8) is 0 Å². The van der Waals surface area contributed by atoms with Crippen molar-refractivity contribution in [3.05, 3.63) is 0 Å². The molecular formula is C6H16ClNO2. The Labute approximate surface area is 68.1 Å². The number of aliphatic hydroxyl groups is 2.